The Bertz CT molecular complexity index is 1320. The van der Waals surface area contributed by atoms with Crippen LogP contribution in [0.25, 0.3) is 17.2 Å². The summed E-state index contributed by atoms with van der Waals surface area (Å²) in [6.45, 7) is 5.51. The zero-order valence-electron chi connectivity index (χ0n) is 18.4. The summed E-state index contributed by atoms with van der Waals surface area (Å²) in [6.07, 6.45) is 3.12. The van der Waals surface area contributed by atoms with Gasteiger partial charge in [-0.2, -0.15) is 4.31 Å². The lowest BCUT2D eigenvalue weighted by Gasteiger charge is -2.57. The Labute approximate surface area is 190 Å². The normalized spacial score (nSPS) is 20.5. The van der Waals surface area contributed by atoms with Crippen LogP contribution in [-0.2, 0) is 14.8 Å². The van der Waals surface area contributed by atoms with Crippen molar-refractivity contribution in [3.63, 3.8) is 0 Å². The van der Waals surface area contributed by atoms with Crippen LogP contribution >= 0.6 is 0 Å². The second kappa shape index (κ2) is 7.40. The number of fused-ring (bicyclic) bond motifs is 1. The van der Waals surface area contributed by atoms with Crippen LogP contribution in [0.4, 0.5) is 14.6 Å². The molecule has 0 radical (unpaired) electrons. The molecule has 2 aliphatic rings. The van der Waals surface area contributed by atoms with Gasteiger partial charge in [0.15, 0.2) is 5.82 Å². The van der Waals surface area contributed by atoms with Gasteiger partial charge in [-0.15, -0.1) is 0 Å². The molecule has 0 amide bonds. The van der Waals surface area contributed by atoms with Gasteiger partial charge in [-0.1, -0.05) is 0 Å². The van der Waals surface area contributed by atoms with E-state index < -0.39 is 27.7 Å². The van der Waals surface area contributed by atoms with E-state index in [2.05, 4.69) is 14.9 Å². The largest absolute Gasteiger partial charge is 0.363 e. The summed E-state index contributed by atoms with van der Waals surface area (Å²) in [5.41, 5.74) is -0.239. The molecule has 3 aromatic heterocycles. The fourth-order valence-corrected chi connectivity index (χ4v) is 5.55. The van der Waals surface area contributed by atoms with Gasteiger partial charge in [0, 0.05) is 37.6 Å². The first-order valence-corrected chi connectivity index (χ1v) is 12.3. The molecule has 9 nitrogen and oxygen atoms in total. The van der Waals surface area contributed by atoms with Crippen LogP contribution in [0.2, 0.25) is 0 Å². The third kappa shape index (κ3) is 4.06. The van der Waals surface area contributed by atoms with Gasteiger partial charge in [0.2, 0.25) is 10.0 Å². The van der Waals surface area contributed by atoms with E-state index in [-0.39, 0.29) is 18.7 Å². The Morgan fingerprint density at radius 1 is 1.09 bits per heavy atom. The number of alkyl halides is 2. The molecule has 2 saturated heterocycles. The Kier molecular flexibility index (Phi) is 4.96. The molecule has 5 heterocycles. The molecule has 0 aliphatic carbocycles. The minimum Gasteiger partial charge on any atom is -0.363 e. The van der Waals surface area contributed by atoms with Crippen molar-refractivity contribution < 1.29 is 21.9 Å². The predicted molar refractivity (Wildman–Crippen MR) is 118 cm³/mol. The standard InChI is InChI=1S/C21H24F2N6O3S/c1-20(2)10-27(11-21(32-20)12-28(13-21)33(3,30)31)17-6-7-24-19(26-17)15-8-25-16-5-4-14(18(22)23)9-29(15)16/h4-9,18H,10-13H2,1-3H3. The summed E-state index contributed by atoms with van der Waals surface area (Å²) < 4.78 is 59.4. The van der Waals surface area contributed by atoms with Crippen molar-refractivity contribution in [2.75, 3.05) is 37.3 Å². The Morgan fingerprint density at radius 3 is 2.55 bits per heavy atom. The van der Waals surface area contributed by atoms with Gasteiger partial charge in [-0.3, -0.25) is 4.40 Å². The number of aromatic nitrogens is 4. The molecule has 2 fully saturated rings. The minimum absolute atomic E-state index is 0.116. The fraction of sp³-hybridized carbons (Fsp3) is 0.476. The number of morpholine rings is 1. The molecular formula is C21H24F2N6O3S. The van der Waals surface area contributed by atoms with E-state index in [1.165, 1.54) is 28.9 Å². The van der Waals surface area contributed by atoms with Crippen LogP contribution in [0.3, 0.4) is 0 Å². The first-order chi connectivity index (χ1) is 15.4. The molecule has 1 spiro atoms. The average molecular weight is 479 g/mol. The van der Waals surface area contributed by atoms with Crippen LogP contribution in [0.1, 0.15) is 25.8 Å². The quantitative estimate of drug-likeness (QED) is 0.568. The number of imidazole rings is 1. The van der Waals surface area contributed by atoms with Crippen molar-refractivity contribution in [2.45, 2.75) is 31.5 Å². The molecule has 3 aromatic rings. The van der Waals surface area contributed by atoms with E-state index in [1.807, 2.05) is 13.8 Å². The number of sulfonamides is 1. The Balaban J connectivity index is 1.47. The molecular weight excluding hydrogens is 454 g/mol. The number of hydrogen-bond acceptors (Lipinski definition) is 7. The number of rotatable bonds is 4. The van der Waals surface area contributed by atoms with Crippen molar-refractivity contribution in [3.8, 4) is 11.5 Å². The fourth-order valence-electron chi connectivity index (χ4n) is 4.61. The van der Waals surface area contributed by atoms with Crippen molar-refractivity contribution in [3.05, 3.63) is 42.4 Å². The van der Waals surface area contributed by atoms with Gasteiger partial charge in [-0.25, -0.2) is 32.2 Å². The number of halogens is 2. The van der Waals surface area contributed by atoms with E-state index in [0.29, 0.717) is 36.1 Å². The van der Waals surface area contributed by atoms with Gasteiger partial charge in [0.1, 0.15) is 22.8 Å². The predicted octanol–water partition coefficient (Wildman–Crippen LogP) is 2.36. The maximum absolute atomic E-state index is 13.2. The van der Waals surface area contributed by atoms with Crippen molar-refractivity contribution in [1.29, 1.82) is 0 Å². The number of ether oxygens (including phenoxy) is 1. The van der Waals surface area contributed by atoms with Crippen LogP contribution in [0.5, 0.6) is 0 Å². The van der Waals surface area contributed by atoms with Crippen molar-refractivity contribution >= 4 is 21.5 Å². The summed E-state index contributed by atoms with van der Waals surface area (Å²) in [7, 11) is -3.28. The Hall–Kier alpha value is -2.70. The number of hydrogen-bond donors (Lipinski definition) is 0. The number of pyridine rings is 1. The zero-order chi connectivity index (χ0) is 23.6. The highest BCUT2D eigenvalue weighted by Gasteiger charge is 2.54. The lowest BCUT2D eigenvalue weighted by Crippen LogP contribution is -2.74. The van der Waals surface area contributed by atoms with Gasteiger partial charge in [0.25, 0.3) is 6.43 Å². The van der Waals surface area contributed by atoms with Gasteiger partial charge in [0.05, 0.1) is 24.6 Å². The highest BCUT2D eigenvalue weighted by Crippen LogP contribution is 2.38. The van der Waals surface area contributed by atoms with Crippen LogP contribution < -0.4 is 4.90 Å². The van der Waals surface area contributed by atoms with E-state index in [9.17, 15) is 17.2 Å². The molecule has 0 bridgehead atoms. The smallest absolute Gasteiger partial charge is 0.265 e. The number of anilines is 1. The molecule has 176 valence electrons. The molecule has 5 rings (SSSR count). The molecule has 0 N–H and O–H groups in total. The lowest BCUT2D eigenvalue weighted by molar-refractivity contribution is -0.195. The third-order valence-electron chi connectivity index (χ3n) is 5.92. The van der Waals surface area contributed by atoms with Gasteiger partial charge < -0.3 is 9.64 Å². The second-order valence-corrected chi connectivity index (χ2v) is 11.3. The summed E-state index contributed by atoms with van der Waals surface area (Å²) >= 11 is 0. The molecule has 0 saturated carbocycles. The zero-order valence-corrected chi connectivity index (χ0v) is 19.3. The van der Waals surface area contributed by atoms with E-state index in [4.69, 9.17) is 9.72 Å². The number of nitrogens with zero attached hydrogens (tertiary/aromatic N) is 6. The maximum Gasteiger partial charge on any atom is 0.265 e. The topological polar surface area (TPSA) is 92.9 Å². The minimum atomic E-state index is -3.28. The van der Waals surface area contributed by atoms with Crippen LogP contribution in [0, 0.1) is 0 Å². The third-order valence-corrected chi connectivity index (χ3v) is 7.11. The van der Waals surface area contributed by atoms with E-state index >= 15 is 0 Å². The van der Waals surface area contributed by atoms with Crippen LogP contribution in [-0.4, -0.2) is 75.7 Å². The maximum atomic E-state index is 13.2. The lowest BCUT2D eigenvalue weighted by atomic mass is 9.90. The molecule has 0 unspecified atom stereocenters. The monoisotopic (exact) mass is 478 g/mol. The van der Waals surface area contributed by atoms with E-state index in [1.54, 1.807) is 22.9 Å². The molecule has 0 aromatic carbocycles. The first kappa shape index (κ1) is 22.1. The highest BCUT2D eigenvalue weighted by atomic mass is 32.2. The summed E-state index contributed by atoms with van der Waals surface area (Å²) in [6, 6.07) is 4.66. The second-order valence-electron chi connectivity index (χ2n) is 9.31. The van der Waals surface area contributed by atoms with Crippen LogP contribution in [0.15, 0.2) is 36.8 Å². The first-order valence-electron chi connectivity index (χ1n) is 10.4. The van der Waals surface area contributed by atoms with Crippen molar-refractivity contribution in [2.24, 2.45) is 0 Å². The molecule has 2 aliphatic heterocycles. The van der Waals surface area contributed by atoms with Gasteiger partial charge in [-0.05, 0) is 32.0 Å². The molecule has 12 heteroatoms. The summed E-state index contributed by atoms with van der Waals surface area (Å²) in [5.74, 6) is 1.00. The molecule has 0 atom stereocenters. The average Bonchev–Trinajstić information content (AvgIpc) is 3.13. The van der Waals surface area contributed by atoms with Crippen molar-refractivity contribution in [1.82, 2.24) is 23.7 Å². The van der Waals surface area contributed by atoms with Gasteiger partial charge >= 0.3 is 0 Å². The molecule has 33 heavy (non-hydrogen) atoms. The SMILES string of the molecule is CC1(C)CN(c2ccnc(-c3cnc4ccc(C(F)F)cn34)n2)CC2(CN(S(C)(=O)=O)C2)O1. The summed E-state index contributed by atoms with van der Waals surface area (Å²) in [5, 5.41) is 0. The highest BCUT2D eigenvalue weighted by molar-refractivity contribution is 7.88. The summed E-state index contributed by atoms with van der Waals surface area (Å²) in [4.78, 5) is 15.4. The van der Waals surface area contributed by atoms with E-state index in [0.717, 1.165) is 0 Å². The Morgan fingerprint density at radius 2 is 1.85 bits per heavy atom.